The Morgan fingerprint density at radius 1 is 0.515 bits per heavy atom. The number of carbonyl (C=O) groups excluding carboxylic acids is 2. The van der Waals surface area contributed by atoms with Crippen molar-refractivity contribution in [3.05, 3.63) is 0 Å². The van der Waals surface area contributed by atoms with Crippen molar-refractivity contribution in [3.8, 4) is 0 Å². The van der Waals surface area contributed by atoms with Gasteiger partial charge in [-0.2, -0.15) is 0 Å². The van der Waals surface area contributed by atoms with Crippen molar-refractivity contribution >= 4 is 11.9 Å². The summed E-state index contributed by atoms with van der Waals surface area (Å²) in [5.41, 5.74) is 0. The molecule has 4 heteroatoms. The van der Waals surface area contributed by atoms with E-state index in [1.807, 2.05) is 0 Å². The first-order chi connectivity index (χ1) is 16.2. The fourth-order valence-corrected chi connectivity index (χ4v) is 4.90. The van der Waals surface area contributed by atoms with Crippen LogP contribution in [0.3, 0.4) is 0 Å². The van der Waals surface area contributed by atoms with E-state index in [2.05, 4.69) is 4.74 Å². The first-order valence-corrected chi connectivity index (χ1v) is 14.5. The van der Waals surface area contributed by atoms with Crippen molar-refractivity contribution < 1.29 is 19.1 Å². The van der Waals surface area contributed by atoms with E-state index in [4.69, 9.17) is 4.74 Å². The third-order valence-corrected chi connectivity index (χ3v) is 7.09. The molecule has 0 aromatic rings. The van der Waals surface area contributed by atoms with Gasteiger partial charge in [-0.15, -0.1) is 0 Å². The molecular weight excluding hydrogens is 412 g/mol. The van der Waals surface area contributed by atoms with Gasteiger partial charge in [-0.3, -0.25) is 9.59 Å². The summed E-state index contributed by atoms with van der Waals surface area (Å²) in [5.74, 6) is -0.0376. The second-order valence-corrected chi connectivity index (χ2v) is 10.2. The first-order valence-electron chi connectivity index (χ1n) is 14.5. The second kappa shape index (κ2) is 22.7. The van der Waals surface area contributed by atoms with Gasteiger partial charge in [-0.25, -0.2) is 0 Å². The molecule has 0 bridgehead atoms. The van der Waals surface area contributed by atoms with Gasteiger partial charge in [0.1, 0.15) is 6.10 Å². The zero-order valence-electron chi connectivity index (χ0n) is 21.9. The van der Waals surface area contributed by atoms with E-state index in [1.165, 1.54) is 123 Å². The summed E-state index contributed by atoms with van der Waals surface area (Å²) in [6, 6.07) is 0. The largest absolute Gasteiger partial charge is 0.469 e. The predicted octanol–water partition coefficient (Wildman–Crippen LogP) is 8.84. The molecule has 0 heterocycles. The van der Waals surface area contributed by atoms with Gasteiger partial charge >= 0.3 is 11.9 Å². The van der Waals surface area contributed by atoms with Crippen LogP contribution in [0.1, 0.15) is 161 Å². The summed E-state index contributed by atoms with van der Waals surface area (Å²) in [5, 5.41) is 0. The fraction of sp³-hybridized carbons (Fsp3) is 0.931. The molecule has 1 aliphatic carbocycles. The molecule has 0 amide bonds. The molecule has 1 aliphatic rings. The fourth-order valence-electron chi connectivity index (χ4n) is 4.90. The third-order valence-electron chi connectivity index (χ3n) is 7.09. The number of esters is 2. The van der Waals surface area contributed by atoms with E-state index in [0.717, 1.165) is 32.1 Å². The van der Waals surface area contributed by atoms with Crippen LogP contribution in [0.5, 0.6) is 0 Å². The lowest BCUT2D eigenvalue weighted by molar-refractivity contribution is -0.150. The number of carbonyl (C=O) groups is 2. The number of hydrogen-bond donors (Lipinski definition) is 0. The third kappa shape index (κ3) is 20.1. The average Bonchev–Trinajstić information content (AvgIpc) is 2.83. The van der Waals surface area contributed by atoms with Crippen LogP contribution in [-0.2, 0) is 19.1 Å². The molecule has 0 N–H and O–H groups in total. The summed E-state index contributed by atoms with van der Waals surface area (Å²) < 4.78 is 10.2. The number of rotatable bonds is 22. The van der Waals surface area contributed by atoms with Gasteiger partial charge in [0.05, 0.1) is 7.11 Å². The van der Waals surface area contributed by atoms with E-state index in [0.29, 0.717) is 12.8 Å². The van der Waals surface area contributed by atoms with Gasteiger partial charge in [0.25, 0.3) is 0 Å². The minimum Gasteiger partial charge on any atom is -0.469 e. The summed E-state index contributed by atoms with van der Waals surface area (Å²) in [6.07, 6.45) is 30.6. The molecule has 33 heavy (non-hydrogen) atoms. The molecule has 0 saturated heterocycles. The molecule has 0 aliphatic heterocycles. The Kier molecular flexibility index (Phi) is 20.6. The molecule has 0 radical (unpaired) electrons. The van der Waals surface area contributed by atoms with E-state index in [-0.39, 0.29) is 18.0 Å². The van der Waals surface area contributed by atoms with Crippen LogP contribution >= 0.6 is 0 Å². The number of hydrogen-bond acceptors (Lipinski definition) is 4. The van der Waals surface area contributed by atoms with Gasteiger partial charge in [0, 0.05) is 12.8 Å². The van der Waals surface area contributed by atoms with Gasteiger partial charge < -0.3 is 9.47 Å². The van der Waals surface area contributed by atoms with Gasteiger partial charge in [-0.1, -0.05) is 109 Å². The van der Waals surface area contributed by atoms with Crippen molar-refractivity contribution in [2.45, 2.75) is 167 Å². The Bertz CT molecular complexity index is 457. The molecule has 1 rings (SSSR count). The number of methoxy groups -OCH3 is 1. The van der Waals surface area contributed by atoms with Gasteiger partial charge in [-0.05, 0) is 38.5 Å². The van der Waals surface area contributed by atoms with Crippen LogP contribution in [0.4, 0.5) is 0 Å². The molecule has 0 aromatic carbocycles. The van der Waals surface area contributed by atoms with Crippen molar-refractivity contribution in [2.24, 2.45) is 0 Å². The van der Waals surface area contributed by atoms with E-state index < -0.39 is 0 Å². The normalized spacial score (nSPS) is 14.3. The highest BCUT2D eigenvalue weighted by molar-refractivity contribution is 5.69. The Labute approximate surface area is 205 Å². The SMILES string of the molecule is COC(=O)CCCCCCCCCCCCCCCCCCCCC(=O)OC1CCCCC1. The molecule has 0 aromatic heterocycles. The topological polar surface area (TPSA) is 52.6 Å². The van der Waals surface area contributed by atoms with Gasteiger partial charge in [0.15, 0.2) is 0 Å². The lowest BCUT2D eigenvalue weighted by Crippen LogP contribution is -2.20. The second-order valence-electron chi connectivity index (χ2n) is 10.2. The predicted molar refractivity (Wildman–Crippen MR) is 137 cm³/mol. The number of unbranched alkanes of at least 4 members (excludes halogenated alkanes) is 17. The quantitative estimate of drug-likeness (QED) is 0.118. The van der Waals surface area contributed by atoms with E-state index in [1.54, 1.807) is 0 Å². The molecule has 0 spiro atoms. The zero-order valence-corrected chi connectivity index (χ0v) is 21.9. The van der Waals surface area contributed by atoms with E-state index in [9.17, 15) is 9.59 Å². The van der Waals surface area contributed by atoms with Gasteiger partial charge in [0.2, 0.25) is 0 Å². The molecular formula is C29H54O4. The highest BCUT2D eigenvalue weighted by atomic mass is 16.5. The Hall–Kier alpha value is -1.06. The van der Waals surface area contributed by atoms with Crippen LogP contribution in [0, 0.1) is 0 Å². The molecule has 1 saturated carbocycles. The molecule has 4 nitrogen and oxygen atoms in total. The summed E-state index contributed by atoms with van der Waals surface area (Å²) in [4.78, 5) is 22.9. The maximum Gasteiger partial charge on any atom is 0.306 e. The molecule has 0 atom stereocenters. The highest BCUT2D eigenvalue weighted by Gasteiger charge is 2.17. The summed E-state index contributed by atoms with van der Waals surface area (Å²) in [7, 11) is 1.46. The summed E-state index contributed by atoms with van der Waals surface area (Å²) >= 11 is 0. The standard InChI is InChI=1S/C29H54O4/c1-32-28(30)25-21-16-14-12-10-8-6-4-2-3-5-7-9-11-13-15-17-22-26-29(31)33-27-23-19-18-20-24-27/h27H,2-26H2,1H3. The Morgan fingerprint density at radius 2 is 0.848 bits per heavy atom. The maximum atomic E-state index is 11.9. The lowest BCUT2D eigenvalue weighted by atomic mass is 9.98. The van der Waals surface area contributed by atoms with Crippen LogP contribution in [0.2, 0.25) is 0 Å². The smallest absolute Gasteiger partial charge is 0.306 e. The monoisotopic (exact) mass is 466 g/mol. The molecule has 1 fully saturated rings. The van der Waals surface area contributed by atoms with Crippen molar-refractivity contribution in [1.29, 1.82) is 0 Å². The van der Waals surface area contributed by atoms with Crippen LogP contribution in [0.15, 0.2) is 0 Å². The Balaban J connectivity index is 1.69. The lowest BCUT2D eigenvalue weighted by Gasteiger charge is -2.21. The number of ether oxygens (including phenoxy) is 2. The molecule has 0 unspecified atom stereocenters. The first kappa shape index (κ1) is 30.0. The maximum absolute atomic E-state index is 11.9. The Morgan fingerprint density at radius 3 is 1.21 bits per heavy atom. The van der Waals surface area contributed by atoms with Crippen molar-refractivity contribution in [3.63, 3.8) is 0 Å². The van der Waals surface area contributed by atoms with Crippen molar-refractivity contribution in [1.82, 2.24) is 0 Å². The average molecular weight is 467 g/mol. The van der Waals surface area contributed by atoms with Crippen molar-refractivity contribution in [2.75, 3.05) is 7.11 Å². The zero-order chi connectivity index (χ0) is 23.8. The molecule has 194 valence electrons. The minimum absolute atomic E-state index is 0.0364. The van der Waals surface area contributed by atoms with Crippen LogP contribution < -0.4 is 0 Å². The highest BCUT2D eigenvalue weighted by Crippen LogP contribution is 2.21. The van der Waals surface area contributed by atoms with Crippen LogP contribution in [0.25, 0.3) is 0 Å². The van der Waals surface area contributed by atoms with E-state index >= 15 is 0 Å². The van der Waals surface area contributed by atoms with Crippen LogP contribution in [-0.4, -0.2) is 25.2 Å². The summed E-state index contributed by atoms with van der Waals surface area (Å²) in [6.45, 7) is 0. The minimum atomic E-state index is -0.0740.